The minimum atomic E-state index is -4.23. The minimum Gasteiger partial charge on any atom is -0.478 e. The monoisotopic (exact) mass is 466 g/mol. The summed E-state index contributed by atoms with van der Waals surface area (Å²) >= 11 is 5.85. The molecule has 1 aliphatic heterocycles. The Morgan fingerprint density at radius 1 is 1.19 bits per heavy atom. The number of sulfonamides is 1. The topological polar surface area (TPSA) is 114 Å². The van der Waals surface area contributed by atoms with Gasteiger partial charge in [-0.1, -0.05) is 11.6 Å². The number of aromatic carboxylic acids is 1. The van der Waals surface area contributed by atoms with Gasteiger partial charge in [-0.2, -0.15) is 5.26 Å². The van der Waals surface area contributed by atoms with Crippen molar-refractivity contribution < 1.29 is 22.7 Å². The Morgan fingerprint density at radius 3 is 2.52 bits per heavy atom. The number of rotatable bonds is 7. The molecule has 2 N–H and O–H groups in total. The number of nitrogens with one attached hydrogen (secondary N) is 1. The molecule has 0 atom stereocenters. The first-order valence-corrected chi connectivity index (χ1v) is 11.3. The SMILES string of the molecule is N#CCCN1CCN(c2ccc(NS(=O)(=O)c3ccc(F)cc3Cl)c(C(=O)O)c2)CC1. The van der Waals surface area contributed by atoms with E-state index in [1.165, 1.54) is 12.1 Å². The third kappa shape index (κ3) is 5.44. The number of nitrogens with zero attached hydrogens (tertiary/aromatic N) is 3. The lowest BCUT2D eigenvalue weighted by Crippen LogP contribution is -2.46. The van der Waals surface area contributed by atoms with Crippen molar-refractivity contribution in [3.05, 3.63) is 52.8 Å². The van der Waals surface area contributed by atoms with E-state index in [4.69, 9.17) is 16.9 Å². The smallest absolute Gasteiger partial charge is 0.337 e. The van der Waals surface area contributed by atoms with Crippen molar-refractivity contribution in [1.82, 2.24) is 4.90 Å². The van der Waals surface area contributed by atoms with Crippen LogP contribution < -0.4 is 9.62 Å². The van der Waals surface area contributed by atoms with Crippen LogP contribution in [0, 0.1) is 17.1 Å². The van der Waals surface area contributed by atoms with E-state index in [2.05, 4.69) is 15.7 Å². The maximum atomic E-state index is 13.2. The Balaban J connectivity index is 1.81. The average molecular weight is 467 g/mol. The second kappa shape index (κ2) is 9.51. The molecule has 11 heteroatoms. The molecule has 0 amide bonds. The predicted molar refractivity (Wildman–Crippen MR) is 115 cm³/mol. The number of benzene rings is 2. The van der Waals surface area contributed by atoms with Crippen molar-refractivity contribution in [2.24, 2.45) is 0 Å². The predicted octanol–water partition coefficient (Wildman–Crippen LogP) is 3.01. The molecular formula is C20H20ClFN4O4S. The number of hydrogen-bond donors (Lipinski definition) is 2. The molecule has 2 aromatic carbocycles. The molecule has 0 bridgehead atoms. The van der Waals surface area contributed by atoms with Gasteiger partial charge in [-0.25, -0.2) is 17.6 Å². The van der Waals surface area contributed by atoms with Gasteiger partial charge in [0.2, 0.25) is 0 Å². The lowest BCUT2D eigenvalue weighted by Gasteiger charge is -2.36. The number of piperazine rings is 1. The highest BCUT2D eigenvalue weighted by Gasteiger charge is 2.23. The van der Waals surface area contributed by atoms with Crippen molar-refractivity contribution in [2.75, 3.05) is 42.3 Å². The van der Waals surface area contributed by atoms with Crippen LogP contribution >= 0.6 is 11.6 Å². The van der Waals surface area contributed by atoms with Gasteiger partial charge in [-0.15, -0.1) is 0 Å². The molecule has 0 radical (unpaired) electrons. The third-order valence-electron chi connectivity index (χ3n) is 4.94. The molecule has 0 spiro atoms. The summed E-state index contributed by atoms with van der Waals surface area (Å²) in [6.07, 6.45) is 0.454. The van der Waals surface area contributed by atoms with E-state index in [0.29, 0.717) is 31.7 Å². The minimum absolute atomic E-state index is 0.121. The second-order valence-electron chi connectivity index (χ2n) is 6.95. The fourth-order valence-electron chi connectivity index (χ4n) is 3.33. The van der Waals surface area contributed by atoms with E-state index in [0.717, 1.165) is 31.3 Å². The van der Waals surface area contributed by atoms with Crippen molar-refractivity contribution in [3.8, 4) is 6.07 Å². The van der Waals surface area contributed by atoms with Crippen LogP contribution in [-0.4, -0.2) is 57.1 Å². The standard InChI is InChI=1S/C20H20ClFN4O4S/c21-17-12-14(22)2-5-19(17)31(29,30)24-18-4-3-15(13-16(18)20(27)28)26-10-8-25(9-11-26)7-1-6-23/h2-5,12-13,24H,1,7-11H2,(H,27,28). The second-order valence-corrected chi connectivity index (χ2v) is 9.01. The van der Waals surface area contributed by atoms with Crippen LogP contribution in [-0.2, 0) is 10.0 Å². The number of anilines is 2. The van der Waals surface area contributed by atoms with Gasteiger partial charge >= 0.3 is 5.97 Å². The summed E-state index contributed by atoms with van der Waals surface area (Å²) in [6, 6.07) is 9.40. The van der Waals surface area contributed by atoms with Gasteiger partial charge in [0.15, 0.2) is 0 Å². The Bertz CT molecular complexity index is 1130. The molecule has 0 unspecified atom stereocenters. The lowest BCUT2D eigenvalue weighted by atomic mass is 10.1. The molecule has 164 valence electrons. The molecule has 0 saturated carbocycles. The van der Waals surface area contributed by atoms with E-state index in [-0.39, 0.29) is 21.2 Å². The first kappa shape index (κ1) is 22.8. The Hall–Kier alpha value is -2.87. The Kier molecular flexibility index (Phi) is 7.00. The molecule has 1 aliphatic rings. The number of carboxylic acids is 1. The quantitative estimate of drug-likeness (QED) is 0.644. The zero-order chi connectivity index (χ0) is 22.6. The van der Waals surface area contributed by atoms with Crippen LogP contribution in [0.4, 0.5) is 15.8 Å². The fourth-order valence-corrected chi connectivity index (χ4v) is 4.94. The average Bonchev–Trinajstić information content (AvgIpc) is 2.72. The van der Waals surface area contributed by atoms with Crippen molar-refractivity contribution in [1.29, 1.82) is 5.26 Å². The van der Waals surface area contributed by atoms with Crippen LogP contribution in [0.5, 0.6) is 0 Å². The molecule has 31 heavy (non-hydrogen) atoms. The van der Waals surface area contributed by atoms with Crippen molar-refractivity contribution >= 4 is 39.0 Å². The highest BCUT2D eigenvalue weighted by atomic mass is 35.5. The van der Waals surface area contributed by atoms with Crippen molar-refractivity contribution in [2.45, 2.75) is 11.3 Å². The van der Waals surface area contributed by atoms with E-state index in [9.17, 15) is 22.7 Å². The highest BCUT2D eigenvalue weighted by Crippen LogP contribution is 2.29. The van der Waals surface area contributed by atoms with Gasteiger partial charge in [-0.3, -0.25) is 9.62 Å². The van der Waals surface area contributed by atoms with E-state index in [1.54, 1.807) is 6.07 Å². The first-order valence-electron chi connectivity index (χ1n) is 9.41. The summed E-state index contributed by atoms with van der Waals surface area (Å²) in [5, 5.41) is 18.0. The van der Waals surface area contributed by atoms with Crippen LogP contribution in [0.15, 0.2) is 41.3 Å². The van der Waals surface area contributed by atoms with Crippen LogP contribution in [0.2, 0.25) is 5.02 Å². The van der Waals surface area contributed by atoms with E-state index in [1.807, 2.05) is 4.90 Å². The van der Waals surface area contributed by atoms with Crippen LogP contribution in [0.3, 0.4) is 0 Å². The summed E-state index contributed by atoms with van der Waals surface area (Å²) in [6.45, 7) is 3.47. The number of nitriles is 1. The number of carboxylic acid groups (broad SMARTS) is 1. The summed E-state index contributed by atoms with van der Waals surface area (Å²) < 4.78 is 40.8. The maximum Gasteiger partial charge on any atom is 0.337 e. The number of carbonyl (C=O) groups is 1. The van der Waals surface area contributed by atoms with Gasteiger partial charge in [0.05, 0.1) is 22.3 Å². The molecule has 3 rings (SSSR count). The van der Waals surface area contributed by atoms with Gasteiger partial charge in [0.25, 0.3) is 10.0 Å². The van der Waals surface area contributed by atoms with Crippen molar-refractivity contribution in [3.63, 3.8) is 0 Å². The van der Waals surface area contributed by atoms with Gasteiger partial charge in [0.1, 0.15) is 10.7 Å². The summed E-state index contributed by atoms with van der Waals surface area (Å²) in [7, 11) is -4.23. The zero-order valence-electron chi connectivity index (χ0n) is 16.4. The summed E-state index contributed by atoms with van der Waals surface area (Å²) in [5.41, 5.74) is 0.315. The third-order valence-corrected chi connectivity index (χ3v) is 6.79. The molecule has 1 saturated heterocycles. The van der Waals surface area contributed by atoms with Crippen LogP contribution in [0.1, 0.15) is 16.8 Å². The molecule has 1 fully saturated rings. The molecule has 0 aliphatic carbocycles. The fraction of sp³-hybridized carbons (Fsp3) is 0.300. The largest absolute Gasteiger partial charge is 0.478 e. The Labute approximate surface area is 184 Å². The molecular weight excluding hydrogens is 447 g/mol. The van der Waals surface area contributed by atoms with E-state index >= 15 is 0 Å². The van der Waals surface area contributed by atoms with Gasteiger partial charge in [0, 0.05) is 44.8 Å². The summed E-state index contributed by atoms with van der Waals surface area (Å²) in [5.74, 6) is -1.98. The molecule has 1 heterocycles. The maximum absolute atomic E-state index is 13.2. The lowest BCUT2D eigenvalue weighted by molar-refractivity contribution is 0.0698. The first-order chi connectivity index (χ1) is 14.7. The molecule has 0 aromatic heterocycles. The molecule has 8 nitrogen and oxygen atoms in total. The Morgan fingerprint density at radius 2 is 1.90 bits per heavy atom. The zero-order valence-corrected chi connectivity index (χ0v) is 18.0. The van der Waals surface area contributed by atoms with Gasteiger partial charge in [-0.05, 0) is 36.4 Å². The van der Waals surface area contributed by atoms with Gasteiger partial charge < -0.3 is 10.0 Å². The molecule has 2 aromatic rings. The van der Waals surface area contributed by atoms with E-state index < -0.39 is 21.8 Å². The normalized spacial score (nSPS) is 14.8. The summed E-state index contributed by atoms with van der Waals surface area (Å²) in [4.78, 5) is 15.6. The van der Waals surface area contributed by atoms with Crippen LogP contribution in [0.25, 0.3) is 0 Å². The number of halogens is 2. The number of hydrogen-bond acceptors (Lipinski definition) is 6. The highest BCUT2D eigenvalue weighted by molar-refractivity contribution is 7.92.